The van der Waals surface area contributed by atoms with Crippen LogP contribution in [0.25, 0.3) is 16.8 Å². The van der Waals surface area contributed by atoms with Crippen molar-refractivity contribution in [2.24, 2.45) is 4.99 Å². The molecular formula is C36H32N2O6S. The number of aromatic nitrogens is 1. The Morgan fingerprint density at radius 2 is 1.73 bits per heavy atom. The van der Waals surface area contributed by atoms with E-state index in [1.54, 1.807) is 44.8 Å². The normalized spacial score (nSPS) is 14.6. The summed E-state index contributed by atoms with van der Waals surface area (Å²) in [6.07, 6.45) is 1.82. The maximum atomic E-state index is 14.1. The maximum absolute atomic E-state index is 14.1. The van der Waals surface area contributed by atoms with Crippen LogP contribution in [0.4, 0.5) is 0 Å². The molecule has 0 radical (unpaired) electrons. The molecule has 0 spiro atoms. The van der Waals surface area contributed by atoms with Crippen LogP contribution in [0.15, 0.2) is 106 Å². The summed E-state index contributed by atoms with van der Waals surface area (Å²) in [7, 11) is 3.10. The van der Waals surface area contributed by atoms with Gasteiger partial charge in [-0.05, 0) is 71.7 Å². The SMILES string of the molecule is CCOC(=O)C1=C(C)N=c2sc(=Cc3cccc(OCc4cccc5ccccc45)c3)c(=O)n2[C@H]1c1ccc(OC)c(OC)c1. The van der Waals surface area contributed by atoms with E-state index in [2.05, 4.69) is 29.3 Å². The minimum absolute atomic E-state index is 0.192. The molecule has 6 rings (SSSR count). The fraction of sp³-hybridized carbons (Fsp3) is 0.194. The number of nitrogens with zero attached hydrogens (tertiary/aromatic N) is 2. The van der Waals surface area contributed by atoms with E-state index in [-0.39, 0.29) is 12.2 Å². The molecule has 0 saturated carbocycles. The third kappa shape index (κ3) is 5.86. The third-order valence-corrected chi connectivity index (χ3v) is 8.65. The predicted molar refractivity (Wildman–Crippen MR) is 175 cm³/mol. The number of methoxy groups -OCH3 is 2. The molecule has 0 unspecified atom stereocenters. The molecule has 0 fully saturated rings. The van der Waals surface area contributed by atoms with Crippen LogP contribution in [0, 0.1) is 0 Å². The van der Waals surface area contributed by atoms with Gasteiger partial charge in [0.1, 0.15) is 12.4 Å². The van der Waals surface area contributed by atoms with Gasteiger partial charge in [0.2, 0.25) is 0 Å². The largest absolute Gasteiger partial charge is 0.493 e. The van der Waals surface area contributed by atoms with Crippen molar-refractivity contribution in [3.63, 3.8) is 0 Å². The second-order valence-corrected chi connectivity index (χ2v) is 11.4. The van der Waals surface area contributed by atoms with Crippen molar-refractivity contribution in [1.82, 2.24) is 4.57 Å². The Morgan fingerprint density at radius 1 is 0.956 bits per heavy atom. The maximum Gasteiger partial charge on any atom is 0.338 e. The minimum Gasteiger partial charge on any atom is -0.493 e. The van der Waals surface area contributed by atoms with Gasteiger partial charge in [-0.2, -0.15) is 0 Å². The van der Waals surface area contributed by atoms with E-state index < -0.39 is 12.0 Å². The van der Waals surface area contributed by atoms with Gasteiger partial charge in [-0.25, -0.2) is 9.79 Å². The molecule has 9 heteroatoms. The molecule has 228 valence electrons. The molecule has 0 saturated heterocycles. The van der Waals surface area contributed by atoms with Crippen LogP contribution in [-0.4, -0.2) is 31.4 Å². The van der Waals surface area contributed by atoms with Crippen molar-refractivity contribution in [3.05, 3.63) is 133 Å². The second kappa shape index (κ2) is 12.8. The molecule has 1 aliphatic rings. The van der Waals surface area contributed by atoms with E-state index in [1.807, 2.05) is 54.6 Å². The van der Waals surface area contributed by atoms with Crippen LogP contribution in [0.3, 0.4) is 0 Å². The third-order valence-electron chi connectivity index (χ3n) is 7.67. The lowest BCUT2D eigenvalue weighted by atomic mass is 9.95. The van der Waals surface area contributed by atoms with Gasteiger partial charge < -0.3 is 18.9 Å². The lowest BCUT2D eigenvalue weighted by Gasteiger charge is -2.25. The minimum atomic E-state index is -0.766. The Kier molecular flexibility index (Phi) is 8.53. The first-order valence-electron chi connectivity index (χ1n) is 14.5. The first-order valence-corrected chi connectivity index (χ1v) is 15.3. The van der Waals surface area contributed by atoms with Crippen LogP contribution in [0.1, 0.15) is 36.6 Å². The van der Waals surface area contributed by atoms with Gasteiger partial charge in [0.25, 0.3) is 5.56 Å². The number of ether oxygens (including phenoxy) is 4. The molecular weight excluding hydrogens is 588 g/mol. The smallest absolute Gasteiger partial charge is 0.338 e. The molecule has 1 atom stereocenters. The summed E-state index contributed by atoms with van der Waals surface area (Å²) >= 11 is 1.27. The van der Waals surface area contributed by atoms with Crippen molar-refractivity contribution >= 4 is 34.2 Å². The van der Waals surface area contributed by atoms with Gasteiger partial charge in [-0.15, -0.1) is 0 Å². The highest BCUT2D eigenvalue weighted by atomic mass is 32.1. The monoisotopic (exact) mass is 620 g/mol. The first-order chi connectivity index (χ1) is 21.9. The number of benzene rings is 4. The molecule has 45 heavy (non-hydrogen) atoms. The van der Waals surface area contributed by atoms with Crippen LogP contribution in [0.5, 0.6) is 17.2 Å². The standard InChI is InChI=1S/C36H32N2O6S/c1-5-43-35(40)32-22(2)37-36-38(33(32)25-16-17-29(41-3)30(20-25)42-4)34(39)31(45-36)19-23-10-8-14-27(18-23)44-21-26-13-9-12-24-11-6-7-15-28(24)26/h6-20,33H,5,21H2,1-4H3/t33-/m0/s1. The molecule has 5 aromatic rings. The number of thiazole rings is 1. The summed E-state index contributed by atoms with van der Waals surface area (Å²) in [5, 5.41) is 2.31. The zero-order valence-corrected chi connectivity index (χ0v) is 26.2. The topological polar surface area (TPSA) is 88.4 Å². The zero-order chi connectivity index (χ0) is 31.5. The molecule has 0 N–H and O–H groups in total. The fourth-order valence-corrected chi connectivity index (χ4v) is 6.60. The lowest BCUT2D eigenvalue weighted by molar-refractivity contribution is -0.139. The van der Waals surface area contributed by atoms with E-state index in [0.717, 1.165) is 21.9 Å². The average molecular weight is 621 g/mol. The Hall–Kier alpha value is -5.15. The first kappa shape index (κ1) is 29.9. The molecule has 1 aliphatic heterocycles. The summed E-state index contributed by atoms with van der Waals surface area (Å²) in [6.45, 7) is 4.11. The van der Waals surface area contributed by atoms with Gasteiger partial charge in [0.15, 0.2) is 16.3 Å². The Labute approximate surface area is 264 Å². The number of fused-ring (bicyclic) bond motifs is 2. The molecule has 8 nitrogen and oxygen atoms in total. The number of rotatable bonds is 9. The Morgan fingerprint density at radius 3 is 2.53 bits per heavy atom. The van der Waals surface area contributed by atoms with Crippen molar-refractivity contribution in [2.45, 2.75) is 26.5 Å². The van der Waals surface area contributed by atoms with Crippen LogP contribution in [-0.2, 0) is 16.1 Å². The molecule has 1 aromatic heterocycles. The van der Waals surface area contributed by atoms with E-state index >= 15 is 0 Å². The Balaban J connectivity index is 1.39. The number of hydrogen-bond acceptors (Lipinski definition) is 8. The summed E-state index contributed by atoms with van der Waals surface area (Å²) in [5.74, 6) is 1.18. The van der Waals surface area contributed by atoms with E-state index in [4.69, 9.17) is 18.9 Å². The van der Waals surface area contributed by atoms with Gasteiger partial charge in [-0.1, -0.05) is 72.0 Å². The van der Waals surface area contributed by atoms with Gasteiger partial charge >= 0.3 is 5.97 Å². The van der Waals surface area contributed by atoms with Crippen LogP contribution < -0.4 is 29.1 Å². The number of esters is 1. The van der Waals surface area contributed by atoms with Gasteiger partial charge in [0, 0.05) is 0 Å². The molecule has 0 amide bonds. The number of hydrogen-bond donors (Lipinski definition) is 0. The average Bonchev–Trinajstić information content (AvgIpc) is 3.36. The lowest BCUT2D eigenvalue weighted by Crippen LogP contribution is -2.39. The number of allylic oxidation sites excluding steroid dienone is 1. The van der Waals surface area contributed by atoms with Crippen LogP contribution >= 0.6 is 11.3 Å². The van der Waals surface area contributed by atoms with Gasteiger partial charge in [0.05, 0.1) is 42.7 Å². The number of carbonyl (C=O) groups excluding carboxylic acids is 1. The molecule has 0 bridgehead atoms. The quantitative estimate of drug-likeness (QED) is 0.201. The van der Waals surface area contributed by atoms with E-state index in [1.165, 1.54) is 11.3 Å². The van der Waals surface area contributed by atoms with Crippen molar-refractivity contribution in [1.29, 1.82) is 0 Å². The summed E-state index contributed by atoms with van der Waals surface area (Å²) in [6, 6.07) is 26.6. The summed E-state index contributed by atoms with van der Waals surface area (Å²) in [4.78, 5) is 32.4. The highest BCUT2D eigenvalue weighted by Crippen LogP contribution is 2.36. The molecule has 0 aliphatic carbocycles. The molecule has 4 aromatic carbocycles. The van der Waals surface area contributed by atoms with Crippen molar-refractivity contribution in [2.75, 3.05) is 20.8 Å². The summed E-state index contributed by atoms with van der Waals surface area (Å²) < 4.78 is 24.6. The molecule has 2 heterocycles. The number of carbonyl (C=O) groups is 1. The highest BCUT2D eigenvalue weighted by Gasteiger charge is 2.34. The highest BCUT2D eigenvalue weighted by molar-refractivity contribution is 7.07. The van der Waals surface area contributed by atoms with E-state index in [0.29, 0.717) is 50.0 Å². The second-order valence-electron chi connectivity index (χ2n) is 10.4. The van der Waals surface area contributed by atoms with Crippen molar-refractivity contribution in [3.8, 4) is 17.2 Å². The predicted octanol–water partition coefficient (Wildman–Crippen LogP) is 5.55. The van der Waals surface area contributed by atoms with Crippen LogP contribution in [0.2, 0.25) is 0 Å². The zero-order valence-electron chi connectivity index (χ0n) is 25.4. The fourth-order valence-electron chi connectivity index (χ4n) is 5.55. The summed E-state index contributed by atoms with van der Waals surface area (Å²) in [5.41, 5.74) is 3.09. The van der Waals surface area contributed by atoms with Crippen molar-refractivity contribution < 1.29 is 23.7 Å². The Bertz CT molecular complexity index is 2120. The van der Waals surface area contributed by atoms with E-state index in [9.17, 15) is 9.59 Å². The van der Waals surface area contributed by atoms with Gasteiger partial charge in [-0.3, -0.25) is 9.36 Å².